The number of hydrogen-bond acceptors (Lipinski definition) is 3. The molecule has 0 N–H and O–H groups in total. The van der Waals surface area contributed by atoms with E-state index in [1.165, 1.54) is 6.07 Å². The summed E-state index contributed by atoms with van der Waals surface area (Å²) in [7, 11) is 0. The van der Waals surface area contributed by atoms with E-state index in [1.807, 2.05) is 0 Å². The number of benzene rings is 1. The number of hydrogen-bond donors (Lipinski definition) is 0. The lowest BCUT2D eigenvalue weighted by molar-refractivity contribution is 0.111. The first-order chi connectivity index (χ1) is 9.13. The van der Waals surface area contributed by atoms with Crippen molar-refractivity contribution < 1.29 is 9.18 Å². The van der Waals surface area contributed by atoms with Crippen molar-refractivity contribution in [3.63, 3.8) is 0 Å². The van der Waals surface area contributed by atoms with Crippen molar-refractivity contribution in [1.29, 1.82) is 0 Å². The van der Waals surface area contributed by atoms with Gasteiger partial charge in [0, 0.05) is 12.1 Å². The third kappa shape index (κ3) is 2.86. The molecule has 2 rings (SSSR count). The molecule has 2 aromatic rings. The Labute approximate surface area is 111 Å². The van der Waals surface area contributed by atoms with Crippen LogP contribution in [0.15, 0.2) is 24.3 Å². The van der Waals surface area contributed by atoms with Crippen LogP contribution < -0.4 is 0 Å². The molecule has 5 heteroatoms. The first-order valence-corrected chi connectivity index (χ1v) is 6.27. The van der Waals surface area contributed by atoms with Crippen LogP contribution in [-0.4, -0.2) is 21.3 Å². The van der Waals surface area contributed by atoms with Crippen LogP contribution in [0.4, 0.5) is 4.39 Å². The van der Waals surface area contributed by atoms with Gasteiger partial charge >= 0.3 is 0 Å². The zero-order chi connectivity index (χ0) is 13.8. The fourth-order valence-corrected chi connectivity index (χ4v) is 1.87. The molecule has 1 heterocycles. The molecular weight excluding hydrogens is 245 g/mol. The summed E-state index contributed by atoms with van der Waals surface area (Å²) in [6, 6.07) is 6.34. The van der Waals surface area contributed by atoms with E-state index in [0.717, 1.165) is 6.42 Å². The van der Waals surface area contributed by atoms with Gasteiger partial charge in [0.1, 0.15) is 11.5 Å². The van der Waals surface area contributed by atoms with Crippen LogP contribution in [0.2, 0.25) is 0 Å². The van der Waals surface area contributed by atoms with Crippen LogP contribution in [0.5, 0.6) is 0 Å². The topological polar surface area (TPSA) is 47.8 Å². The van der Waals surface area contributed by atoms with Crippen molar-refractivity contribution in [3.8, 4) is 11.3 Å². The van der Waals surface area contributed by atoms with Gasteiger partial charge < -0.3 is 0 Å². The largest absolute Gasteiger partial charge is 0.296 e. The lowest BCUT2D eigenvalue weighted by atomic mass is 10.1. The van der Waals surface area contributed by atoms with Crippen molar-refractivity contribution in [2.45, 2.75) is 26.8 Å². The molecule has 4 nitrogen and oxygen atoms in total. The predicted octanol–water partition coefficient (Wildman–Crippen LogP) is 2.94. The maximum Gasteiger partial charge on any atom is 0.172 e. The fraction of sp³-hybridized carbons (Fsp3) is 0.357. The van der Waals surface area contributed by atoms with Gasteiger partial charge in [-0.05, 0) is 24.5 Å². The van der Waals surface area contributed by atoms with E-state index in [9.17, 15) is 9.18 Å². The van der Waals surface area contributed by atoms with Crippen LogP contribution in [0.3, 0.4) is 0 Å². The molecule has 1 aromatic heterocycles. The fourth-order valence-electron chi connectivity index (χ4n) is 1.87. The quantitative estimate of drug-likeness (QED) is 0.777. The molecule has 0 aliphatic carbocycles. The second kappa shape index (κ2) is 5.73. The van der Waals surface area contributed by atoms with Crippen molar-refractivity contribution in [2.75, 3.05) is 0 Å². The molecular formula is C14H16FN3O. The molecule has 0 spiro atoms. The zero-order valence-electron chi connectivity index (χ0n) is 11.0. The maximum atomic E-state index is 13.9. The van der Waals surface area contributed by atoms with Gasteiger partial charge in [-0.1, -0.05) is 31.2 Å². The minimum Gasteiger partial charge on any atom is -0.296 e. The van der Waals surface area contributed by atoms with Crippen molar-refractivity contribution >= 4 is 6.29 Å². The lowest BCUT2D eigenvalue weighted by Crippen LogP contribution is -2.06. The Balaban J connectivity index is 2.45. The Bertz CT molecular complexity index is 578. The first-order valence-electron chi connectivity index (χ1n) is 6.27. The van der Waals surface area contributed by atoms with Crippen LogP contribution in [0, 0.1) is 11.7 Å². The van der Waals surface area contributed by atoms with Crippen LogP contribution >= 0.6 is 0 Å². The molecule has 0 saturated heterocycles. The van der Waals surface area contributed by atoms with Crippen molar-refractivity contribution in [2.24, 2.45) is 5.92 Å². The molecule has 0 amide bonds. The monoisotopic (exact) mass is 261 g/mol. The molecule has 19 heavy (non-hydrogen) atoms. The minimum absolute atomic E-state index is 0.175. The van der Waals surface area contributed by atoms with Crippen molar-refractivity contribution in [1.82, 2.24) is 15.0 Å². The van der Waals surface area contributed by atoms with Gasteiger partial charge in [-0.2, -0.15) is 0 Å². The van der Waals surface area contributed by atoms with Gasteiger partial charge in [0.15, 0.2) is 12.0 Å². The summed E-state index contributed by atoms with van der Waals surface area (Å²) < 4.78 is 15.5. The number of halogens is 1. The Morgan fingerprint density at radius 2 is 2.11 bits per heavy atom. The normalized spacial score (nSPS) is 10.9. The number of carbonyl (C=O) groups excluding carboxylic acids is 1. The second-order valence-electron chi connectivity index (χ2n) is 4.83. The highest BCUT2D eigenvalue weighted by atomic mass is 19.1. The van der Waals surface area contributed by atoms with E-state index in [1.54, 1.807) is 22.9 Å². The summed E-state index contributed by atoms with van der Waals surface area (Å²) in [5, 5.41) is 7.75. The van der Waals surface area contributed by atoms with Crippen LogP contribution in [0.25, 0.3) is 11.3 Å². The Kier molecular flexibility index (Phi) is 4.04. The van der Waals surface area contributed by atoms with E-state index in [4.69, 9.17) is 0 Å². The molecule has 0 aliphatic rings. The number of nitrogens with zero attached hydrogens (tertiary/aromatic N) is 3. The maximum absolute atomic E-state index is 13.9. The van der Waals surface area contributed by atoms with Gasteiger partial charge in [0.05, 0.1) is 0 Å². The van der Waals surface area contributed by atoms with Crippen LogP contribution in [0.1, 0.15) is 30.8 Å². The summed E-state index contributed by atoms with van der Waals surface area (Å²) in [6.45, 7) is 4.81. The smallest absolute Gasteiger partial charge is 0.172 e. The molecule has 100 valence electrons. The Hall–Kier alpha value is -2.04. The molecule has 1 aromatic carbocycles. The van der Waals surface area contributed by atoms with Gasteiger partial charge in [-0.3, -0.25) is 4.79 Å². The van der Waals surface area contributed by atoms with E-state index < -0.39 is 0 Å². The van der Waals surface area contributed by atoms with E-state index >= 15 is 0 Å². The molecule has 0 atom stereocenters. The standard InChI is InChI=1S/C14H16FN3O/c1-10(2)7-8-18-14(13(9-19)16-17-18)11-5-3-4-6-12(11)15/h3-6,9-10H,7-8H2,1-2H3. The molecule has 0 unspecified atom stereocenters. The summed E-state index contributed by atoms with van der Waals surface area (Å²) in [4.78, 5) is 11.0. The number of aldehydes is 1. The molecule has 0 bridgehead atoms. The average molecular weight is 261 g/mol. The number of rotatable bonds is 5. The highest BCUT2D eigenvalue weighted by Crippen LogP contribution is 2.24. The highest BCUT2D eigenvalue weighted by Gasteiger charge is 2.17. The first kappa shape index (κ1) is 13.4. The Morgan fingerprint density at radius 3 is 2.74 bits per heavy atom. The third-order valence-electron chi connectivity index (χ3n) is 2.92. The highest BCUT2D eigenvalue weighted by molar-refractivity contribution is 5.83. The summed E-state index contributed by atoms with van der Waals surface area (Å²) in [5.41, 5.74) is 0.987. The van der Waals surface area contributed by atoms with Gasteiger partial charge in [0.2, 0.25) is 0 Å². The minimum atomic E-state index is -0.376. The van der Waals surface area contributed by atoms with Gasteiger partial charge in [-0.25, -0.2) is 9.07 Å². The summed E-state index contributed by atoms with van der Waals surface area (Å²) in [5.74, 6) is 0.121. The zero-order valence-corrected chi connectivity index (χ0v) is 11.0. The third-order valence-corrected chi connectivity index (χ3v) is 2.92. The summed E-state index contributed by atoms with van der Waals surface area (Å²) in [6.07, 6.45) is 1.50. The number of aromatic nitrogens is 3. The number of carbonyl (C=O) groups is 1. The van der Waals surface area contributed by atoms with Gasteiger partial charge in [0.25, 0.3) is 0 Å². The van der Waals surface area contributed by atoms with Crippen LogP contribution in [-0.2, 0) is 6.54 Å². The average Bonchev–Trinajstić information content (AvgIpc) is 2.79. The second-order valence-corrected chi connectivity index (χ2v) is 4.83. The van der Waals surface area contributed by atoms with Gasteiger partial charge in [-0.15, -0.1) is 5.10 Å². The molecule has 0 radical (unpaired) electrons. The molecule has 0 saturated carbocycles. The number of aryl methyl sites for hydroxylation is 1. The predicted molar refractivity (Wildman–Crippen MR) is 70.3 cm³/mol. The molecule has 0 fully saturated rings. The van der Waals surface area contributed by atoms with Crippen molar-refractivity contribution in [3.05, 3.63) is 35.8 Å². The SMILES string of the molecule is CC(C)CCn1nnc(C=O)c1-c1ccccc1F. The summed E-state index contributed by atoms with van der Waals surface area (Å²) >= 11 is 0. The van der Waals surface area contributed by atoms with E-state index in [2.05, 4.69) is 24.2 Å². The molecule has 0 aliphatic heterocycles. The van der Waals surface area contributed by atoms with E-state index in [-0.39, 0.29) is 11.5 Å². The lowest BCUT2D eigenvalue weighted by Gasteiger charge is -2.09. The van der Waals surface area contributed by atoms with E-state index in [0.29, 0.717) is 30.0 Å². The Morgan fingerprint density at radius 1 is 1.37 bits per heavy atom.